The van der Waals surface area contributed by atoms with Crippen molar-refractivity contribution in [2.24, 2.45) is 11.3 Å². The minimum absolute atomic E-state index is 0.00690. The molecule has 0 fully saturated rings. The highest BCUT2D eigenvalue weighted by molar-refractivity contribution is 5.17. The van der Waals surface area contributed by atoms with E-state index in [4.69, 9.17) is 10.6 Å². The fraction of sp³-hybridized carbons (Fsp3) is 0.600. The smallest absolute Gasteiger partial charge is 0.123 e. The number of nitrogens with one attached hydrogen (secondary N) is 1. The summed E-state index contributed by atoms with van der Waals surface area (Å²) in [5.74, 6) is 5.45. The number of hydrogen-bond acceptors (Lipinski definition) is 3. The van der Waals surface area contributed by atoms with Crippen LogP contribution >= 0.6 is 0 Å². The Morgan fingerprint density at radius 2 is 1.84 bits per heavy atom. The lowest BCUT2D eigenvalue weighted by Gasteiger charge is -2.36. The first-order valence-corrected chi connectivity index (χ1v) is 6.70. The molecule has 0 heterocycles. The van der Waals surface area contributed by atoms with Crippen LogP contribution in [0.4, 0.5) is 4.39 Å². The van der Waals surface area contributed by atoms with Gasteiger partial charge in [-0.2, -0.15) is 0 Å². The van der Waals surface area contributed by atoms with E-state index < -0.39 is 0 Å². The third kappa shape index (κ3) is 4.90. The van der Waals surface area contributed by atoms with Crippen molar-refractivity contribution in [3.8, 4) is 0 Å². The Morgan fingerprint density at radius 3 is 2.26 bits per heavy atom. The van der Waals surface area contributed by atoms with E-state index in [-0.39, 0.29) is 23.4 Å². The van der Waals surface area contributed by atoms with Crippen LogP contribution in [0, 0.1) is 11.2 Å². The van der Waals surface area contributed by atoms with Crippen molar-refractivity contribution < 1.29 is 9.13 Å². The summed E-state index contributed by atoms with van der Waals surface area (Å²) in [7, 11) is 0. The van der Waals surface area contributed by atoms with E-state index in [2.05, 4.69) is 26.2 Å². The van der Waals surface area contributed by atoms with Crippen molar-refractivity contribution in [1.82, 2.24) is 5.43 Å². The second kappa shape index (κ2) is 6.98. The molecule has 0 aliphatic carbocycles. The average Bonchev–Trinajstić information content (AvgIpc) is 2.34. The highest BCUT2D eigenvalue weighted by Gasteiger charge is 2.32. The van der Waals surface area contributed by atoms with Gasteiger partial charge in [-0.15, -0.1) is 0 Å². The van der Waals surface area contributed by atoms with Crippen molar-refractivity contribution in [2.45, 2.75) is 46.3 Å². The molecule has 2 unspecified atom stereocenters. The predicted molar refractivity (Wildman–Crippen MR) is 76.1 cm³/mol. The lowest BCUT2D eigenvalue weighted by atomic mass is 9.82. The van der Waals surface area contributed by atoms with Crippen LogP contribution in [-0.2, 0) is 11.2 Å². The number of rotatable bonds is 6. The number of hydrogen-bond donors (Lipinski definition) is 2. The molecule has 0 radical (unpaired) electrons. The molecule has 0 saturated heterocycles. The van der Waals surface area contributed by atoms with Crippen LogP contribution in [0.5, 0.6) is 0 Å². The second-order valence-corrected chi connectivity index (χ2v) is 5.85. The van der Waals surface area contributed by atoms with Crippen molar-refractivity contribution in [3.05, 3.63) is 35.6 Å². The van der Waals surface area contributed by atoms with Crippen LogP contribution in [0.1, 0.15) is 33.3 Å². The molecule has 0 aromatic heterocycles. The van der Waals surface area contributed by atoms with Crippen LogP contribution in [-0.4, -0.2) is 18.8 Å². The molecule has 4 heteroatoms. The van der Waals surface area contributed by atoms with Crippen LogP contribution < -0.4 is 11.3 Å². The number of benzene rings is 1. The van der Waals surface area contributed by atoms with Gasteiger partial charge < -0.3 is 4.74 Å². The number of halogens is 1. The molecule has 3 nitrogen and oxygen atoms in total. The molecule has 0 aliphatic heterocycles. The summed E-state index contributed by atoms with van der Waals surface area (Å²) in [5, 5.41) is 0. The molecular weight excluding hydrogens is 243 g/mol. The van der Waals surface area contributed by atoms with Gasteiger partial charge in [0.15, 0.2) is 0 Å². The molecule has 0 aliphatic rings. The molecule has 19 heavy (non-hydrogen) atoms. The topological polar surface area (TPSA) is 47.3 Å². The highest BCUT2D eigenvalue weighted by Crippen LogP contribution is 2.26. The van der Waals surface area contributed by atoms with Gasteiger partial charge >= 0.3 is 0 Å². The predicted octanol–water partition coefficient (Wildman–Crippen LogP) is 2.65. The average molecular weight is 268 g/mol. The first kappa shape index (κ1) is 16.1. The van der Waals surface area contributed by atoms with E-state index in [1.807, 2.05) is 6.92 Å². The van der Waals surface area contributed by atoms with Crippen molar-refractivity contribution in [3.63, 3.8) is 0 Å². The Morgan fingerprint density at radius 1 is 1.26 bits per heavy atom. The standard InChI is InChI=1S/C15H25FN2O/c1-5-19-14(15(2,3)4)13(18-17)10-11-6-8-12(16)9-7-11/h6-9,13-14,18H,5,10,17H2,1-4H3. The minimum atomic E-state index is -0.224. The van der Waals surface area contributed by atoms with Gasteiger partial charge in [-0.05, 0) is 36.5 Å². The molecular formula is C15H25FN2O. The Hall–Kier alpha value is -0.970. The van der Waals surface area contributed by atoms with Gasteiger partial charge in [-0.1, -0.05) is 32.9 Å². The lowest BCUT2D eigenvalue weighted by molar-refractivity contribution is -0.0356. The number of hydrazine groups is 1. The number of ether oxygens (including phenoxy) is 1. The molecule has 0 saturated carbocycles. The van der Waals surface area contributed by atoms with Crippen LogP contribution in [0.2, 0.25) is 0 Å². The normalized spacial score (nSPS) is 15.3. The van der Waals surface area contributed by atoms with Crippen molar-refractivity contribution in [2.75, 3.05) is 6.61 Å². The summed E-state index contributed by atoms with van der Waals surface area (Å²) in [4.78, 5) is 0. The maximum absolute atomic E-state index is 12.9. The van der Waals surface area contributed by atoms with E-state index in [0.717, 1.165) is 5.56 Å². The van der Waals surface area contributed by atoms with Gasteiger partial charge in [0.1, 0.15) is 5.82 Å². The summed E-state index contributed by atoms with van der Waals surface area (Å²) in [6.45, 7) is 9.00. The van der Waals surface area contributed by atoms with E-state index in [1.165, 1.54) is 12.1 Å². The first-order chi connectivity index (χ1) is 8.88. The van der Waals surface area contributed by atoms with Crippen LogP contribution in [0.3, 0.4) is 0 Å². The largest absolute Gasteiger partial charge is 0.376 e. The van der Waals surface area contributed by atoms with Gasteiger partial charge in [-0.25, -0.2) is 4.39 Å². The zero-order chi connectivity index (χ0) is 14.5. The maximum Gasteiger partial charge on any atom is 0.123 e. The third-order valence-electron chi connectivity index (χ3n) is 3.15. The SMILES string of the molecule is CCOC(C(Cc1ccc(F)cc1)NN)C(C)(C)C. The van der Waals surface area contributed by atoms with E-state index >= 15 is 0 Å². The monoisotopic (exact) mass is 268 g/mol. The Balaban J connectivity index is 2.82. The Labute approximate surface area is 115 Å². The highest BCUT2D eigenvalue weighted by atomic mass is 19.1. The zero-order valence-electron chi connectivity index (χ0n) is 12.2. The van der Waals surface area contributed by atoms with Crippen LogP contribution in [0.15, 0.2) is 24.3 Å². The summed E-state index contributed by atoms with van der Waals surface area (Å²) in [6, 6.07) is 6.49. The van der Waals surface area contributed by atoms with E-state index in [0.29, 0.717) is 13.0 Å². The zero-order valence-corrected chi connectivity index (χ0v) is 12.2. The quantitative estimate of drug-likeness (QED) is 0.616. The lowest BCUT2D eigenvalue weighted by Crippen LogP contribution is -2.52. The van der Waals surface area contributed by atoms with Gasteiger partial charge in [-0.3, -0.25) is 11.3 Å². The Kier molecular flexibility index (Phi) is 5.91. The van der Waals surface area contributed by atoms with Gasteiger partial charge in [0.2, 0.25) is 0 Å². The number of nitrogens with two attached hydrogens (primary N) is 1. The minimum Gasteiger partial charge on any atom is -0.376 e. The van der Waals surface area contributed by atoms with E-state index in [9.17, 15) is 4.39 Å². The molecule has 1 aromatic rings. The molecule has 3 N–H and O–H groups in total. The van der Waals surface area contributed by atoms with Crippen molar-refractivity contribution in [1.29, 1.82) is 0 Å². The maximum atomic E-state index is 12.9. The first-order valence-electron chi connectivity index (χ1n) is 6.70. The summed E-state index contributed by atoms with van der Waals surface area (Å²) in [5.41, 5.74) is 3.86. The second-order valence-electron chi connectivity index (χ2n) is 5.85. The fourth-order valence-corrected chi connectivity index (χ4v) is 2.28. The van der Waals surface area contributed by atoms with Crippen molar-refractivity contribution >= 4 is 0 Å². The molecule has 2 atom stereocenters. The molecule has 1 rings (SSSR count). The fourth-order valence-electron chi connectivity index (χ4n) is 2.28. The van der Waals surface area contributed by atoms with Gasteiger partial charge in [0.05, 0.1) is 12.1 Å². The molecule has 1 aromatic carbocycles. The molecule has 0 spiro atoms. The van der Waals surface area contributed by atoms with E-state index in [1.54, 1.807) is 12.1 Å². The molecule has 108 valence electrons. The Bertz CT molecular complexity index is 373. The van der Waals surface area contributed by atoms with Gasteiger partial charge in [0.25, 0.3) is 0 Å². The summed E-state index contributed by atoms with van der Waals surface area (Å²) >= 11 is 0. The summed E-state index contributed by atoms with van der Waals surface area (Å²) in [6.07, 6.45) is 0.700. The summed E-state index contributed by atoms with van der Waals surface area (Å²) < 4.78 is 18.7. The molecule has 0 bridgehead atoms. The van der Waals surface area contributed by atoms with Crippen LogP contribution in [0.25, 0.3) is 0 Å². The van der Waals surface area contributed by atoms with Gasteiger partial charge in [0, 0.05) is 6.61 Å². The molecule has 0 amide bonds. The third-order valence-corrected chi connectivity index (χ3v) is 3.15.